The molecule has 0 unspecified atom stereocenters. The first kappa shape index (κ1) is 8.41. The van der Waals surface area contributed by atoms with Crippen molar-refractivity contribution in [1.82, 2.24) is 0 Å². The van der Waals surface area contributed by atoms with Gasteiger partial charge in [0, 0.05) is 0 Å². The zero-order chi connectivity index (χ0) is 9.14. The van der Waals surface area contributed by atoms with Gasteiger partial charge in [-0.05, 0) is 24.1 Å². The standard InChI is InChI=1S/C9H11N3/c1-6-7(4-5-10)2-3-8(11)9(6)12/h2-3H,4,11-12H2,1H3. The van der Waals surface area contributed by atoms with E-state index in [1.165, 1.54) is 0 Å². The summed E-state index contributed by atoms with van der Waals surface area (Å²) in [7, 11) is 0. The zero-order valence-electron chi connectivity index (χ0n) is 6.96. The monoisotopic (exact) mass is 161 g/mol. The lowest BCUT2D eigenvalue weighted by Crippen LogP contribution is -2.00. The highest BCUT2D eigenvalue weighted by Crippen LogP contribution is 2.22. The van der Waals surface area contributed by atoms with E-state index in [-0.39, 0.29) is 0 Å². The lowest BCUT2D eigenvalue weighted by atomic mass is 10.0. The summed E-state index contributed by atoms with van der Waals surface area (Å²) in [5.41, 5.74) is 14.3. The molecule has 3 nitrogen and oxygen atoms in total. The molecule has 0 saturated carbocycles. The number of nitrogen functional groups attached to an aromatic ring is 2. The van der Waals surface area contributed by atoms with Crippen molar-refractivity contribution in [2.24, 2.45) is 0 Å². The fourth-order valence-corrected chi connectivity index (χ4v) is 1.07. The second-order valence-electron chi connectivity index (χ2n) is 2.69. The molecule has 1 aromatic rings. The first-order valence-electron chi connectivity index (χ1n) is 3.67. The van der Waals surface area contributed by atoms with Crippen LogP contribution in [0.3, 0.4) is 0 Å². The van der Waals surface area contributed by atoms with Crippen molar-refractivity contribution in [3.8, 4) is 6.07 Å². The number of hydrogen-bond acceptors (Lipinski definition) is 3. The van der Waals surface area contributed by atoms with E-state index in [1.807, 2.05) is 13.0 Å². The lowest BCUT2D eigenvalue weighted by Gasteiger charge is -2.07. The summed E-state index contributed by atoms with van der Waals surface area (Å²) < 4.78 is 0. The van der Waals surface area contributed by atoms with Crippen molar-refractivity contribution in [2.75, 3.05) is 11.5 Å². The predicted molar refractivity (Wildman–Crippen MR) is 49.3 cm³/mol. The molecule has 62 valence electrons. The molecule has 0 radical (unpaired) electrons. The van der Waals surface area contributed by atoms with E-state index in [9.17, 15) is 0 Å². The van der Waals surface area contributed by atoms with Crippen molar-refractivity contribution in [2.45, 2.75) is 13.3 Å². The maximum absolute atomic E-state index is 8.48. The van der Waals surface area contributed by atoms with Crippen LogP contribution in [0.1, 0.15) is 11.1 Å². The molecule has 1 aromatic carbocycles. The summed E-state index contributed by atoms with van der Waals surface area (Å²) in [5.74, 6) is 0. The van der Waals surface area contributed by atoms with E-state index < -0.39 is 0 Å². The molecule has 3 heteroatoms. The number of nitrogens with two attached hydrogens (primary N) is 2. The molecule has 0 amide bonds. The molecule has 0 fully saturated rings. The average Bonchev–Trinajstić information content (AvgIpc) is 2.07. The van der Waals surface area contributed by atoms with Gasteiger partial charge in [-0.25, -0.2) is 0 Å². The van der Waals surface area contributed by atoms with Crippen LogP contribution in [-0.4, -0.2) is 0 Å². The Morgan fingerprint density at radius 3 is 2.67 bits per heavy atom. The molecule has 0 atom stereocenters. The molecule has 0 bridgehead atoms. The average molecular weight is 161 g/mol. The van der Waals surface area contributed by atoms with Crippen molar-refractivity contribution >= 4 is 11.4 Å². The second-order valence-corrected chi connectivity index (χ2v) is 2.69. The Balaban J connectivity index is 3.19. The van der Waals surface area contributed by atoms with Crippen molar-refractivity contribution < 1.29 is 0 Å². The van der Waals surface area contributed by atoms with E-state index >= 15 is 0 Å². The molecule has 12 heavy (non-hydrogen) atoms. The topological polar surface area (TPSA) is 75.8 Å². The smallest absolute Gasteiger partial charge is 0.0669 e. The summed E-state index contributed by atoms with van der Waals surface area (Å²) in [6, 6.07) is 5.64. The van der Waals surface area contributed by atoms with Gasteiger partial charge in [0.15, 0.2) is 0 Å². The Morgan fingerprint density at radius 1 is 1.42 bits per heavy atom. The van der Waals surface area contributed by atoms with Gasteiger partial charge in [0.25, 0.3) is 0 Å². The van der Waals surface area contributed by atoms with Crippen LogP contribution < -0.4 is 11.5 Å². The molecule has 0 aliphatic heterocycles. The molecule has 0 aromatic heterocycles. The number of hydrogen-bond donors (Lipinski definition) is 2. The maximum Gasteiger partial charge on any atom is 0.0669 e. The molecule has 0 spiro atoms. The van der Waals surface area contributed by atoms with Gasteiger partial charge < -0.3 is 11.5 Å². The third-order valence-electron chi connectivity index (χ3n) is 1.93. The zero-order valence-corrected chi connectivity index (χ0v) is 6.96. The van der Waals surface area contributed by atoms with Gasteiger partial charge in [0.05, 0.1) is 23.9 Å². The van der Waals surface area contributed by atoms with Crippen LogP contribution in [0, 0.1) is 18.3 Å². The van der Waals surface area contributed by atoms with Crippen molar-refractivity contribution in [3.63, 3.8) is 0 Å². The van der Waals surface area contributed by atoms with Crippen LogP contribution in [0.2, 0.25) is 0 Å². The minimum absolute atomic E-state index is 0.385. The van der Waals surface area contributed by atoms with Gasteiger partial charge in [0.1, 0.15) is 0 Å². The number of benzene rings is 1. The Bertz CT molecular complexity index is 336. The first-order chi connectivity index (χ1) is 5.66. The lowest BCUT2D eigenvalue weighted by molar-refractivity contribution is 1.22. The second kappa shape index (κ2) is 3.14. The Hall–Kier alpha value is -1.69. The highest BCUT2D eigenvalue weighted by molar-refractivity contribution is 5.68. The van der Waals surface area contributed by atoms with Gasteiger partial charge in [0.2, 0.25) is 0 Å². The maximum atomic E-state index is 8.48. The Kier molecular flexibility index (Phi) is 2.20. The predicted octanol–water partition coefficient (Wildman–Crippen LogP) is 1.23. The Morgan fingerprint density at radius 2 is 2.08 bits per heavy atom. The molecular formula is C9H11N3. The van der Waals surface area contributed by atoms with Gasteiger partial charge in [-0.15, -0.1) is 0 Å². The van der Waals surface area contributed by atoms with E-state index in [2.05, 4.69) is 6.07 Å². The van der Waals surface area contributed by atoms with Crippen LogP contribution in [0.25, 0.3) is 0 Å². The third-order valence-corrected chi connectivity index (χ3v) is 1.93. The van der Waals surface area contributed by atoms with Gasteiger partial charge in [-0.1, -0.05) is 6.07 Å². The number of rotatable bonds is 1. The highest BCUT2D eigenvalue weighted by Gasteiger charge is 2.03. The quantitative estimate of drug-likeness (QED) is 0.608. The van der Waals surface area contributed by atoms with E-state index in [4.69, 9.17) is 16.7 Å². The summed E-state index contributed by atoms with van der Waals surface area (Å²) >= 11 is 0. The minimum Gasteiger partial charge on any atom is -0.397 e. The summed E-state index contributed by atoms with van der Waals surface area (Å²) in [6.45, 7) is 1.87. The van der Waals surface area contributed by atoms with Crippen molar-refractivity contribution in [1.29, 1.82) is 5.26 Å². The van der Waals surface area contributed by atoms with Crippen LogP contribution >= 0.6 is 0 Å². The molecule has 0 saturated heterocycles. The summed E-state index contributed by atoms with van der Waals surface area (Å²) in [4.78, 5) is 0. The third kappa shape index (κ3) is 1.32. The summed E-state index contributed by atoms with van der Waals surface area (Å²) in [5, 5.41) is 8.48. The molecule has 0 heterocycles. The minimum atomic E-state index is 0.385. The molecular weight excluding hydrogens is 150 g/mol. The fraction of sp³-hybridized carbons (Fsp3) is 0.222. The van der Waals surface area contributed by atoms with Crippen LogP contribution in [-0.2, 0) is 6.42 Å². The highest BCUT2D eigenvalue weighted by atomic mass is 14.7. The van der Waals surface area contributed by atoms with Gasteiger partial charge >= 0.3 is 0 Å². The van der Waals surface area contributed by atoms with Crippen molar-refractivity contribution in [3.05, 3.63) is 23.3 Å². The molecule has 1 rings (SSSR count). The van der Waals surface area contributed by atoms with Crippen LogP contribution in [0.15, 0.2) is 12.1 Å². The van der Waals surface area contributed by atoms with Gasteiger partial charge in [-0.2, -0.15) is 5.26 Å². The normalized spacial score (nSPS) is 9.33. The van der Waals surface area contributed by atoms with Crippen LogP contribution in [0.5, 0.6) is 0 Å². The fourth-order valence-electron chi connectivity index (χ4n) is 1.07. The molecule has 0 aliphatic carbocycles. The van der Waals surface area contributed by atoms with Gasteiger partial charge in [-0.3, -0.25) is 0 Å². The first-order valence-corrected chi connectivity index (χ1v) is 3.67. The largest absolute Gasteiger partial charge is 0.397 e. The van der Waals surface area contributed by atoms with E-state index in [0.29, 0.717) is 17.8 Å². The Labute approximate surface area is 71.6 Å². The van der Waals surface area contributed by atoms with Crippen LogP contribution in [0.4, 0.5) is 11.4 Å². The number of nitrogens with zero attached hydrogens (tertiary/aromatic N) is 1. The molecule has 0 aliphatic rings. The number of anilines is 2. The number of nitriles is 1. The van der Waals surface area contributed by atoms with E-state index in [0.717, 1.165) is 11.1 Å². The molecule has 4 N–H and O–H groups in total. The summed E-state index contributed by atoms with van der Waals surface area (Å²) in [6.07, 6.45) is 0.385. The van der Waals surface area contributed by atoms with E-state index in [1.54, 1.807) is 6.07 Å². The SMILES string of the molecule is Cc1c(CC#N)ccc(N)c1N.